The van der Waals surface area contributed by atoms with Crippen molar-refractivity contribution in [1.29, 1.82) is 0 Å². The van der Waals surface area contributed by atoms with Crippen molar-refractivity contribution in [3.63, 3.8) is 0 Å². The lowest BCUT2D eigenvalue weighted by molar-refractivity contribution is -0.219. The highest BCUT2D eigenvalue weighted by Gasteiger charge is 2.71. The van der Waals surface area contributed by atoms with Gasteiger partial charge in [-0.05, 0) is 94.9 Å². The molecule has 3 fully saturated rings. The first kappa shape index (κ1) is 44.4. The number of carbonyl (C=O) groups is 4. The Morgan fingerprint density at radius 1 is 1.16 bits per heavy atom. The number of allylic oxidation sites excluding steroid dienone is 1. The number of hydrogen-bond acceptors (Lipinski definition) is 9. The second-order valence-corrected chi connectivity index (χ2v) is 20.0. The molecule has 2 aliphatic carbocycles. The van der Waals surface area contributed by atoms with Gasteiger partial charge in [0.2, 0.25) is 27.7 Å². The first-order valence-electron chi connectivity index (χ1n) is 21.4. The van der Waals surface area contributed by atoms with Crippen molar-refractivity contribution in [3.05, 3.63) is 42.0 Å². The minimum Gasteiger partial charge on any atom is -0.477 e. The number of nitrogens with zero attached hydrogens (tertiary/aromatic N) is 3. The number of ether oxygens (including phenoxy) is 2. The fourth-order valence-electron chi connectivity index (χ4n) is 9.46. The van der Waals surface area contributed by atoms with Crippen molar-refractivity contribution in [2.45, 2.75) is 145 Å². The summed E-state index contributed by atoms with van der Waals surface area (Å²) in [5.41, 5.74) is -3.86. The van der Waals surface area contributed by atoms with Gasteiger partial charge in [-0.3, -0.25) is 28.9 Å². The molecule has 14 nitrogen and oxygen atoms in total. The third-order valence-electron chi connectivity index (χ3n) is 13.8. The molecular formula is C43H56F3N5O9S. The van der Waals surface area contributed by atoms with Gasteiger partial charge in [0.15, 0.2) is 5.60 Å². The third-order valence-corrected chi connectivity index (χ3v) is 15.9. The molecule has 5 aliphatic rings. The summed E-state index contributed by atoms with van der Waals surface area (Å²) in [4.78, 5) is 62.9. The van der Waals surface area contributed by atoms with E-state index in [1.807, 2.05) is 11.6 Å². The number of aryl methyl sites for hydroxylation is 1. The smallest absolute Gasteiger partial charge is 0.408 e. The molecule has 18 heteroatoms. The van der Waals surface area contributed by atoms with Crippen molar-refractivity contribution in [2.24, 2.45) is 17.8 Å². The van der Waals surface area contributed by atoms with E-state index in [1.165, 1.54) is 0 Å². The van der Waals surface area contributed by atoms with Gasteiger partial charge in [-0.15, -0.1) is 0 Å². The number of rotatable bonds is 10. The average Bonchev–Trinajstić information content (AvgIpc) is 4.14. The van der Waals surface area contributed by atoms with E-state index in [2.05, 4.69) is 10.3 Å². The van der Waals surface area contributed by atoms with Crippen molar-refractivity contribution in [1.82, 2.24) is 24.8 Å². The average molecular weight is 876 g/mol. The van der Waals surface area contributed by atoms with Gasteiger partial charge >= 0.3 is 12.1 Å². The summed E-state index contributed by atoms with van der Waals surface area (Å²) in [5, 5.41) is 14.3. The number of benzene rings is 1. The Hall–Kier alpha value is -4.61. The van der Waals surface area contributed by atoms with Gasteiger partial charge in [0, 0.05) is 29.3 Å². The zero-order valence-electron chi connectivity index (χ0n) is 35.2. The van der Waals surface area contributed by atoms with Gasteiger partial charge in [-0.2, -0.15) is 13.8 Å². The van der Waals surface area contributed by atoms with E-state index in [9.17, 15) is 32.3 Å². The van der Waals surface area contributed by atoms with E-state index in [0.717, 1.165) is 17.4 Å². The van der Waals surface area contributed by atoms with Crippen molar-refractivity contribution in [2.75, 3.05) is 13.3 Å². The van der Waals surface area contributed by atoms with Crippen LogP contribution in [0.5, 0.6) is 11.8 Å². The van der Waals surface area contributed by atoms with Crippen LogP contribution < -0.4 is 19.5 Å². The number of halogens is 3. The number of fused-ring (bicyclic) bond motifs is 5. The third kappa shape index (κ3) is 7.68. The van der Waals surface area contributed by atoms with Crippen LogP contribution in [0.2, 0.25) is 0 Å². The SMILES string of the molecule is CCC(C)N(C(=O)O)[C@@H]1C(=O)N2[C@@H](C[C@@](C)(Oc3nc4c(c5ccccc35)CCCO4)C2(F)F)C(=O)N[C@]2(C(=O)NS(=O)(=O)C3(CF)CC3)C[C@H]2/C=C\CC[C@H](C)C[C@H]1CC. The highest BCUT2D eigenvalue weighted by Crippen LogP contribution is 2.52. The van der Waals surface area contributed by atoms with E-state index >= 15 is 13.6 Å². The highest BCUT2D eigenvalue weighted by molar-refractivity contribution is 7.91. The van der Waals surface area contributed by atoms with Crippen LogP contribution in [0.3, 0.4) is 0 Å². The maximum atomic E-state index is 17.9. The van der Waals surface area contributed by atoms with E-state index in [0.29, 0.717) is 49.5 Å². The van der Waals surface area contributed by atoms with Crippen LogP contribution in [0.25, 0.3) is 10.8 Å². The number of amides is 4. The monoisotopic (exact) mass is 875 g/mol. The summed E-state index contributed by atoms with van der Waals surface area (Å²) in [5.74, 6) is -5.34. The molecule has 1 saturated heterocycles. The van der Waals surface area contributed by atoms with Gasteiger partial charge in [-0.1, -0.05) is 57.5 Å². The van der Waals surface area contributed by atoms with E-state index < -0.39 is 98.8 Å². The van der Waals surface area contributed by atoms with Crippen LogP contribution in [-0.2, 0) is 30.8 Å². The molecule has 8 atom stereocenters. The van der Waals surface area contributed by atoms with Gasteiger partial charge in [0.25, 0.3) is 11.8 Å². The lowest BCUT2D eigenvalue weighted by Gasteiger charge is -2.43. The summed E-state index contributed by atoms with van der Waals surface area (Å²) in [6.07, 6.45) is 4.16. The fraction of sp³-hybridized carbons (Fsp3) is 0.651. The van der Waals surface area contributed by atoms with Gasteiger partial charge in [0.05, 0.1) is 6.61 Å². The first-order valence-corrected chi connectivity index (χ1v) is 22.9. The quantitative estimate of drug-likeness (QED) is 0.182. The molecule has 4 amide bonds. The zero-order chi connectivity index (χ0) is 44.3. The number of carboxylic acid groups (broad SMARTS) is 1. The Balaban J connectivity index is 1.36. The largest absolute Gasteiger partial charge is 0.477 e. The molecule has 0 spiro atoms. The Morgan fingerprint density at radius 2 is 1.87 bits per heavy atom. The molecule has 1 aromatic heterocycles. The second-order valence-electron chi connectivity index (χ2n) is 17.9. The minimum absolute atomic E-state index is 0.00970. The molecule has 3 N–H and O–H groups in total. The molecule has 2 saturated carbocycles. The molecule has 61 heavy (non-hydrogen) atoms. The lowest BCUT2D eigenvalue weighted by atomic mass is 9.83. The molecule has 1 aromatic carbocycles. The molecule has 4 heterocycles. The van der Waals surface area contributed by atoms with Crippen molar-refractivity contribution < 1.29 is 55.3 Å². The predicted molar refractivity (Wildman–Crippen MR) is 218 cm³/mol. The Kier molecular flexibility index (Phi) is 11.8. The maximum Gasteiger partial charge on any atom is 0.408 e. The Bertz CT molecular complexity index is 2220. The summed E-state index contributed by atoms with van der Waals surface area (Å²) in [6, 6.07) is -1.90. The number of sulfonamides is 1. The second kappa shape index (κ2) is 16.3. The molecule has 1 unspecified atom stereocenters. The number of hydrogen-bond donors (Lipinski definition) is 3. The Morgan fingerprint density at radius 3 is 2.51 bits per heavy atom. The predicted octanol–water partition coefficient (Wildman–Crippen LogP) is 6.26. The topological polar surface area (TPSA) is 185 Å². The zero-order valence-corrected chi connectivity index (χ0v) is 36.0. The highest BCUT2D eigenvalue weighted by atomic mass is 32.2. The summed E-state index contributed by atoms with van der Waals surface area (Å²) >= 11 is 0. The van der Waals surface area contributed by atoms with Crippen molar-refractivity contribution >= 4 is 44.6 Å². The summed E-state index contributed by atoms with van der Waals surface area (Å²) in [6.45, 7) is 7.15. The number of carbonyl (C=O) groups excluding carboxylic acids is 3. The van der Waals surface area contributed by atoms with Crippen LogP contribution in [0.1, 0.15) is 104 Å². The molecule has 334 valence electrons. The number of nitrogens with one attached hydrogen (secondary N) is 2. The molecule has 0 radical (unpaired) electrons. The summed E-state index contributed by atoms with van der Waals surface area (Å²) in [7, 11) is -4.55. The standard InChI is InChI=1S/C43H56F3N5O9S/c1-6-26(4)50(39(55)56)33-27(7-2)21-25(3)13-8-9-14-28-22-42(28,38(54)49-61(57,58)41(24-44)18-19-41)48-34(52)32-23-40(5,43(45,46)51(32)37(33)53)60-36-31-16-11-10-15-29(31)30-17-12-20-59-35(30)47-36/h9-11,14-16,25-28,32-33H,6-8,12-13,17-24H2,1-5H3,(H,48,52)(H,49,54)(H,55,56)/b14-9-/t25-,26?,27+,28+,32-,33-,40+,42+/m0/s1. The van der Waals surface area contributed by atoms with E-state index in [-0.39, 0.29) is 54.7 Å². The van der Waals surface area contributed by atoms with Crippen LogP contribution >= 0.6 is 0 Å². The van der Waals surface area contributed by atoms with Gasteiger partial charge in [0.1, 0.15) is 29.0 Å². The maximum absolute atomic E-state index is 17.9. The van der Waals surface area contributed by atoms with Gasteiger partial charge < -0.3 is 19.9 Å². The number of aromatic nitrogens is 1. The summed E-state index contributed by atoms with van der Waals surface area (Å²) < 4.78 is 88.6. The fourth-order valence-corrected chi connectivity index (χ4v) is 10.9. The molecule has 0 bridgehead atoms. The van der Waals surface area contributed by atoms with E-state index in [4.69, 9.17) is 9.47 Å². The van der Waals surface area contributed by atoms with Crippen LogP contribution in [0.4, 0.5) is 18.0 Å². The Labute approximate surface area is 354 Å². The molecule has 7 rings (SSSR count). The molecular weight excluding hydrogens is 820 g/mol. The van der Waals surface area contributed by atoms with Crippen LogP contribution in [-0.4, -0.2) is 105 Å². The van der Waals surface area contributed by atoms with Crippen molar-refractivity contribution in [3.8, 4) is 11.8 Å². The normalized spacial score (nSPS) is 31.7. The molecule has 3 aliphatic heterocycles. The van der Waals surface area contributed by atoms with E-state index in [1.54, 1.807) is 57.2 Å². The minimum atomic E-state index is -4.55. The number of alkyl halides is 3. The molecule has 2 aromatic rings. The number of pyridine rings is 1. The van der Waals surface area contributed by atoms with Gasteiger partial charge in [-0.25, -0.2) is 17.6 Å². The van der Waals surface area contributed by atoms with Crippen LogP contribution in [0, 0.1) is 17.8 Å². The lowest BCUT2D eigenvalue weighted by Crippen LogP contribution is -2.65. The first-order chi connectivity index (χ1) is 28.8. The van der Waals surface area contributed by atoms with Crippen LogP contribution in [0.15, 0.2) is 36.4 Å².